The van der Waals surface area contributed by atoms with E-state index in [0.29, 0.717) is 0 Å². The van der Waals surface area contributed by atoms with Crippen LogP contribution >= 0.6 is 0 Å². The van der Waals surface area contributed by atoms with E-state index in [-0.39, 0.29) is 6.54 Å². The van der Waals surface area contributed by atoms with Crippen molar-refractivity contribution in [3.05, 3.63) is 12.3 Å². The molecule has 1 aliphatic rings. The van der Waals surface area contributed by atoms with Gasteiger partial charge < -0.3 is 21.5 Å². The number of carbonyl (C=O) groups excluding carboxylic acids is 2. The highest BCUT2D eigenvalue weighted by atomic mass is 16.6. The van der Waals surface area contributed by atoms with E-state index in [2.05, 4.69) is 5.32 Å². The number of hydrogen-bond donors (Lipinski definition) is 3. The van der Waals surface area contributed by atoms with Crippen molar-refractivity contribution in [2.24, 2.45) is 11.5 Å². The van der Waals surface area contributed by atoms with Gasteiger partial charge in [-0.25, -0.2) is 14.5 Å². The molecule has 96 valence electrons. The SMILES string of the molecule is CC(C)(C)OC(=O)N1C=CC(N)(CN)NC1=O. The first-order valence-corrected chi connectivity index (χ1v) is 5.19. The second-order valence-corrected chi connectivity index (χ2v) is 4.84. The van der Waals surface area contributed by atoms with E-state index in [1.165, 1.54) is 12.3 Å². The zero-order chi connectivity index (χ0) is 13.3. The number of nitrogens with two attached hydrogens (primary N) is 2. The van der Waals surface area contributed by atoms with Crippen molar-refractivity contribution < 1.29 is 14.3 Å². The summed E-state index contributed by atoms with van der Waals surface area (Å²) in [5.41, 5.74) is 9.33. The Balaban J connectivity index is 2.78. The fourth-order valence-electron chi connectivity index (χ4n) is 1.15. The number of urea groups is 1. The van der Waals surface area contributed by atoms with E-state index in [9.17, 15) is 9.59 Å². The minimum atomic E-state index is -1.12. The molecule has 0 bridgehead atoms. The Kier molecular flexibility index (Phi) is 3.44. The lowest BCUT2D eigenvalue weighted by molar-refractivity contribution is 0.0376. The molecule has 0 aromatic heterocycles. The first-order valence-electron chi connectivity index (χ1n) is 5.19. The van der Waals surface area contributed by atoms with Crippen molar-refractivity contribution in [2.75, 3.05) is 6.54 Å². The van der Waals surface area contributed by atoms with Crippen molar-refractivity contribution in [3.8, 4) is 0 Å². The number of nitrogens with zero attached hydrogens (tertiary/aromatic N) is 1. The molecule has 7 heteroatoms. The molecule has 17 heavy (non-hydrogen) atoms. The number of ether oxygens (including phenoxy) is 1. The number of imide groups is 1. The summed E-state index contributed by atoms with van der Waals surface area (Å²) < 4.78 is 5.05. The van der Waals surface area contributed by atoms with Crippen molar-refractivity contribution in [2.45, 2.75) is 32.0 Å². The smallest absolute Gasteiger partial charge is 0.422 e. The molecule has 1 aliphatic heterocycles. The molecule has 1 atom stereocenters. The van der Waals surface area contributed by atoms with E-state index >= 15 is 0 Å². The van der Waals surface area contributed by atoms with E-state index < -0.39 is 23.4 Å². The summed E-state index contributed by atoms with van der Waals surface area (Å²) in [6.45, 7) is 5.17. The second-order valence-electron chi connectivity index (χ2n) is 4.84. The maximum absolute atomic E-state index is 11.6. The fourth-order valence-corrected chi connectivity index (χ4v) is 1.15. The van der Waals surface area contributed by atoms with Gasteiger partial charge in [-0.05, 0) is 26.8 Å². The molecule has 7 nitrogen and oxygen atoms in total. The highest BCUT2D eigenvalue weighted by Gasteiger charge is 2.34. The Morgan fingerprint density at radius 2 is 2.18 bits per heavy atom. The van der Waals surface area contributed by atoms with Gasteiger partial charge in [0.25, 0.3) is 0 Å². The first kappa shape index (κ1) is 13.5. The molecule has 5 N–H and O–H groups in total. The molecule has 0 radical (unpaired) electrons. The third kappa shape index (κ3) is 3.43. The highest BCUT2D eigenvalue weighted by Crippen LogP contribution is 2.13. The quantitative estimate of drug-likeness (QED) is 0.602. The van der Waals surface area contributed by atoms with Crippen LogP contribution in [-0.4, -0.2) is 34.8 Å². The number of carbonyl (C=O) groups is 2. The summed E-state index contributed by atoms with van der Waals surface area (Å²) in [5, 5.41) is 2.41. The molecule has 0 saturated heterocycles. The molecular formula is C10H18N4O3. The third-order valence-corrected chi connectivity index (χ3v) is 2.01. The summed E-state index contributed by atoms with van der Waals surface area (Å²) in [7, 11) is 0. The molecule has 0 saturated carbocycles. The van der Waals surface area contributed by atoms with Crippen LogP contribution < -0.4 is 16.8 Å². The van der Waals surface area contributed by atoms with E-state index in [0.717, 1.165) is 4.90 Å². The second kappa shape index (κ2) is 4.34. The predicted molar refractivity (Wildman–Crippen MR) is 61.7 cm³/mol. The van der Waals surface area contributed by atoms with Crippen LogP contribution in [0, 0.1) is 0 Å². The molecule has 0 aliphatic carbocycles. The zero-order valence-electron chi connectivity index (χ0n) is 10.2. The van der Waals surface area contributed by atoms with Gasteiger partial charge in [-0.1, -0.05) is 0 Å². The van der Waals surface area contributed by atoms with Crippen LogP contribution in [0.3, 0.4) is 0 Å². The molecule has 0 spiro atoms. The first-order chi connectivity index (χ1) is 7.67. The minimum Gasteiger partial charge on any atom is -0.443 e. The van der Waals surface area contributed by atoms with Gasteiger partial charge in [-0.3, -0.25) is 0 Å². The Hall–Kier alpha value is -1.60. The maximum atomic E-state index is 11.6. The van der Waals surface area contributed by atoms with Crippen LogP contribution in [0.15, 0.2) is 12.3 Å². The molecular weight excluding hydrogens is 224 g/mol. The molecule has 0 aromatic carbocycles. The van der Waals surface area contributed by atoms with Crippen molar-refractivity contribution in [1.29, 1.82) is 0 Å². The fraction of sp³-hybridized carbons (Fsp3) is 0.600. The number of rotatable bonds is 1. The molecule has 1 rings (SSSR count). The Labute approximate surface area is 99.8 Å². The average Bonchev–Trinajstić information content (AvgIpc) is 2.14. The standard InChI is InChI=1S/C10H18N4O3/c1-9(2,3)17-8(16)14-5-4-10(12,6-11)13-7(14)15/h4-5H,6,11-12H2,1-3H3,(H,13,15). The van der Waals surface area contributed by atoms with Gasteiger partial charge >= 0.3 is 12.1 Å². The predicted octanol–water partition coefficient (Wildman–Crippen LogP) is 0.0741. The number of nitrogens with one attached hydrogen (secondary N) is 1. The van der Waals surface area contributed by atoms with E-state index in [1.807, 2.05) is 0 Å². The van der Waals surface area contributed by atoms with Gasteiger partial charge in [0.1, 0.15) is 11.3 Å². The van der Waals surface area contributed by atoms with Gasteiger partial charge in [0.05, 0.1) is 0 Å². The van der Waals surface area contributed by atoms with Crippen LogP contribution in [0.4, 0.5) is 9.59 Å². The van der Waals surface area contributed by atoms with Crippen molar-refractivity contribution in [3.63, 3.8) is 0 Å². The minimum absolute atomic E-state index is 0.0391. The molecule has 0 aromatic rings. The topological polar surface area (TPSA) is 111 Å². The normalized spacial score (nSPS) is 24.5. The van der Waals surface area contributed by atoms with Crippen LogP contribution in [0.25, 0.3) is 0 Å². The van der Waals surface area contributed by atoms with Gasteiger partial charge in [0, 0.05) is 12.7 Å². The average molecular weight is 242 g/mol. The van der Waals surface area contributed by atoms with Crippen LogP contribution in [0.1, 0.15) is 20.8 Å². The van der Waals surface area contributed by atoms with Gasteiger partial charge in [0.15, 0.2) is 0 Å². The van der Waals surface area contributed by atoms with Crippen molar-refractivity contribution in [1.82, 2.24) is 10.2 Å². The molecule has 1 unspecified atom stereocenters. The number of amides is 3. The Bertz CT molecular complexity index is 361. The summed E-state index contributed by atoms with van der Waals surface area (Å²) in [5.74, 6) is 0. The van der Waals surface area contributed by atoms with Gasteiger partial charge in [0.2, 0.25) is 0 Å². The summed E-state index contributed by atoms with van der Waals surface area (Å²) in [6, 6.07) is -0.658. The lowest BCUT2D eigenvalue weighted by Crippen LogP contribution is -2.64. The Morgan fingerprint density at radius 1 is 1.59 bits per heavy atom. The van der Waals surface area contributed by atoms with Gasteiger partial charge in [-0.2, -0.15) is 0 Å². The number of hydrogen-bond acceptors (Lipinski definition) is 5. The zero-order valence-corrected chi connectivity index (χ0v) is 10.2. The maximum Gasteiger partial charge on any atom is 0.422 e. The lowest BCUT2D eigenvalue weighted by atomic mass is 10.1. The van der Waals surface area contributed by atoms with Crippen LogP contribution in [-0.2, 0) is 4.74 Å². The summed E-state index contributed by atoms with van der Waals surface area (Å²) in [6.07, 6.45) is 1.95. The van der Waals surface area contributed by atoms with Gasteiger partial charge in [-0.15, -0.1) is 0 Å². The Morgan fingerprint density at radius 3 is 2.59 bits per heavy atom. The molecule has 1 heterocycles. The molecule has 3 amide bonds. The van der Waals surface area contributed by atoms with Crippen LogP contribution in [0.5, 0.6) is 0 Å². The van der Waals surface area contributed by atoms with E-state index in [1.54, 1.807) is 20.8 Å². The monoisotopic (exact) mass is 242 g/mol. The summed E-state index contributed by atoms with van der Waals surface area (Å²) in [4.78, 5) is 24.1. The molecule has 0 fully saturated rings. The largest absolute Gasteiger partial charge is 0.443 e. The van der Waals surface area contributed by atoms with E-state index in [4.69, 9.17) is 16.2 Å². The highest BCUT2D eigenvalue weighted by molar-refractivity contribution is 5.93. The van der Waals surface area contributed by atoms with Crippen molar-refractivity contribution >= 4 is 12.1 Å². The van der Waals surface area contributed by atoms with Crippen LogP contribution in [0.2, 0.25) is 0 Å². The lowest BCUT2D eigenvalue weighted by Gasteiger charge is -2.33. The summed E-state index contributed by atoms with van der Waals surface area (Å²) >= 11 is 0. The third-order valence-electron chi connectivity index (χ3n) is 2.01.